The summed E-state index contributed by atoms with van der Waals surface area (Å²) in [6, 6.07) is 9.99. The summed E-state index contributed by atoms with van der Waals surface area (Å²) in [6.07, 6.45) is 2.05. The summed E-state index contributed by atoms with van der Waals surface area (Å²) in [5.74, 6) is -0.0381. The fourth-order valence-corrected chi connectivity index (χ4v) is 5.60. The number of oxazole rings is 1. The van der Waals surface area contributed by atoms with Gasteiger partial charge in [0.1, 0.15) is 21.7 Å². The molecular weight excluding hydrogens is 508 g/mol. The molecule has 2 aromatic heterocycles. The molecule has 2 aromatic carbocycles. The van der Waals surface area contributed by atoms with E-state index in [0.29, 0.717) is 35.5 Å². The molecule has 0 saturated heterocycles. The van der Waals surface area contributed by atoms with Gasteiger partial charge in [-0.05, 0) is 43.1 Å². The summed E-state index contributed by atoms with van der Waals surface area (Å²) >= 11 is 0. The van der Waals surface area contributed by atoms with Crippen molar-refractivity contribution in [1.82, 2.24) is 15.0 Å². The number of rotatable bonds is 9. The Morgan fingerprint density at radius 1 is 1.18 bits per heavy atom. The van der Waals surface area contributed by atoms with E-state index in [-0.39, 0.29) is 39.2 Å². The summed E-state index contributed by atoms with van der Waals surface area (Å²) in [6.45, 7) is 7.72. The third-order valence-electron chi connectivity index (χ3n) is 6.21. The van der Waals surface area contributed by atoms with Gasteiger partial charge in [-0.3, -0.25) is 4.79 Å². The minimum atomic E-state index is -4.30. The summed E-state index contributed by atoms with van der Waals surface area (Å²) in [5, 5.41) is 17.6. The van der Waals surface area contributed by atoms with E-state index < -0.39 is 15.6 Å². The maximum absolute atomic E-state index is 13.6. The number of hydrogen-bond donors (Lipinski definition) is 4. The molecule has 0 atom stereocenters. The number of anilines is 1. The first-order chi connectivity index (χ1) is 18.2. The van der Waals surface area contributed by atoms with Crippen LogP contribution in [0.5, 0.6) is 5.75 Å². The molecule has 4 aromatic rings. The second-order valence-corrected chi connectivity index (χ2v) is 11.1. The second-order valence-electron chi connectivity index (χ2n) is 9.60. The number of hydrogen-bond acceptors (Lipinski definition) is 9. The molecule has 0 radical (unpaired) electrons. The largest absolute Gasteiger partial charge is 0.506 e. The van der Waals surface area contributed by atoms with Crippen LogP contribution in [0.2, 0.25) is 0 Å². The van der Waals surface area contributed by atoms with Crippen molar-refractivity contribution in [2.45, 2.75) is 45.1 Å². The fourth-order valence-electron chi connectivity index (χ4n) is 4.34. The van der Waals surface area contributed by atoms with Crippen LogP contribution >= 0.6 is 0 Å². The van der Waals surface area contributed by atoms with Gasteiger partial charge in [0.15, 0.2) is 11.4 Å². The topological polar surface area (TPSA) is 151 Å². The van der Waals surface area contributed by atoms with Gasteiger partial charge in [-0.25, -0.2) is 9.66 Å². The first kappa shape index (κ1) is 25.7. The van der Waals surface area contributed by atoms with E-state index in [2.05, 4.69) is 32.4 Å². The van der Waals surface area contributed by atoms with Crippen molar-refractivity contribution in [2.75, 3.05) is 23.8 Å². The lowest BCUT2D eigenvalue weighted by atomic mass is 10.1. The molecule has 38 heavy (non-hydrogen) atoms. The van der Waals surface area contributed by atoms with E-state index in [4.69, 9.17) is 4.42 Å². The Bertz CT molecular complexity index is 1720. The molecule has 0 spiro atoms. The van der Waals surface area contributed by atoms with Crippen molar-refractivity contribution >= 4 is 43.5 Å². The van der Waals surface area contributed by atoms with Gasteiger partial charge in [0.05, 0.1) is 17.7 Å². The molecule has 0 aliphatic carbocycles. The Labute approximate surface area is 219 Å². The highest BCUT2D eigenvalue weighted by Crippen LogP contribution is 2.36. The van der Waals surface area contributed by atoms with Gasteiger partial charge in [-0.2, -0.15) is 8.42 Å². The molecule has 0 unspecified atom stereocenters. The van der Waals surface area contributed by atoms with E-state index in [1.807, 2.05) is 13.8 Å². The minimum absolute atomic E-state index is 0.138. The van der Waals surface area contributed by atoms with E-state index in [0.717, 1.165) is 19.4 Å². The van der Waals surface area contributed by atoms with Gasteiger partial charge in [0.2, 0.25) is 5.89 Å². The number of aromatic nitrogens is 2. The third-order valence-corrected chi connectivity index (χ3v) is 7.56. The molecule has 4 N–H and O–H groups in total. The van der Waals surface area contributed by atoms with Crippen LogP contribution in [-0.2, 0) is 16.6 Å². The van der Waals surface area contributed by atoms with E-state index in [1.165, 1.54) is 10.7 Å². The number of fused-ring (bicyclic) bond motifs is 4. The number of pyridine rings is 1. The number of unbranched alkanes of at least 4 members (excludes halogenated alkanes) is 1. The van der Waals surface area contributed by atoms with Crippen molar-refractivity contribution in [2.24, 2.45) is 10.3 Å². The number of nitrogens with one attached hydrogen (secondary N) is 3. The Hall–Kier alpha value is -3.90. The van der Waals surface area contributed by atoms with Gasteiger partial charge in [0.25, 0.3) is 15.6 Å². The molecule has 11 nitrogen and oxygen atoms in total. The molecule has 5 rings (SSSR count). The van der Waals surface area contributed by atoms with Crippen molar-refractivity contribution in [1.29, 1.82) is 0 Å². The molecule has 3 heterocycles. The summed E-state index contributed by atoms with van der Waals surface area (Å²) < 4.78 is 37.9. The highest BCUT2D eigenvalue weighted by molar-refractivity contribution is 7.90. The van der Waals surface area contributed by atoms with Crippen LogP contribution in [0.25, 0.3) is 22.0 Å². The minimum Gasteiger partial charge on any atom is -0.506 e. The third kappa shape index (κ3) is 4.61. The van der Waals surface area contributed by atoms with Crippen LogP contribution in [0, 0.1) is 5.92 Å². The molecule has 200 valence electrons. The Balaban J connectivity index is 1.61. The molecule has 12 heteroatoms. The normalized spacial score (nSPS) is 14.5. The average Bonchev–Trinajstić information content (AvgIpc) is 3.28. The van der Waals surface area contributed by atoms with Gasteiger partial charge >= 0.3 is 0 Å². The lowest BCUT2D eigenvalue weighted by molar-refractivity contribution is 0.478. The first-order valence-electron chi connectivity index (χ1n) is 12.6. The number of amidine groups is 1. The van der Waals surface area contributed by atoms with Crippen LogP contribution in [0.4, 0.5) is 5.69 Å². The predicted octanol–water partition coefficient (Wildman–Crippen LogP) is 3.50. The second kappa shape index (κ2) is 10.1. The van der Waals surface area contributed by atoms with Crippen molar-refractivity contribution in [3.05, 3.63) is 58.2 Å². The highest BCUT2D eigenvalue weighted by Gasteiger charge is 2.33. The van der Waals surface area contributed by atoms with Crippen LogP contribution in [-0.4, -0.2) is 42.1 Å². The fraction of sp³-hybridized carbons (Fsp3) is 0.346. The maximum Gasteiger partial charge on any atom is 0.288 e. The summed E-state index contributed by atoms with van der Waals surface area (Å²) in [4.78, 5) is 17.9. The lowest BCUT2D eigenvalue weighted by Gasteiger charge is -2.21. The van der Waals surface area contributed by atoms with Gasteiger partial charge < -0.3 is 25.6 Å². The molecule has 0 fully saturated rings. The number of benzene rings is 2. The monoisotopic (exact) mass is 538 g/mol. The molecule has 1 aliphatic rings. The number of aromatic hydroxyl groups is 1. The maximum atomic E-state index is 13.6. The zero-order chi connectivity index (χ0) is 27.0. The van der Waals surface area contributed by atoms with Crippen molar-refractivity contribution in [3.63, 3.8) is 0 Å². The summed E-state index contributed by atoms with van der Waals surface area (Å²) in [7, 11) is -4.30. The van der Waals surface area contributed by atoms with Crippen molar-refractivity contribution in [3.8, 4) is 5.75 Å². The average molecular weight is 539 g/mol. The Kier molecular flexibility index (Phi) is 6.84. The molecule has 0 amide bonds. The smallest absolute Gasteiger partial charge is 0.288 e. The van der Waals surface area contributed by atoms with Crippen LogP contribution in [0.15, 0.2) is 54.9 Å². The predicted molar refractivity (Wildman–Crippen MR) is 147 cm³/mol. The molecule has 1 aliphatic heterocycles. The van der Waals surface area contributed by atoms with Gasteiger partial charge in [0, 0.05) is 11.9 Å². The number of para-hydroxylation sites is 1. The van der Waals surface area contributed by atoms with Crippen molar-refractivity contribution < 1.29 is 17.9 Å². The number of nitrogens with zero attached hydrogens (tertiary/aromatic N) is 3. The molecule has 0 bridgehead atoms. The van der Waals surface area contributed by atoms with E-state index >= 15 is 0 Å². The SMILES string of the molecule is CCCCNCc1nc2c3c(ccc2o1)NC(c1c(O)c2ccccc2n(NCC(C)C)c1=O)=NS3(=O)=O. The molecule has 0 saturated carbocycles. The van der Waals surface area contributed by atoms with Crippen LogP contribution in [0.1, 0.15) is 45.1 Å². The zero-order valence-corrected chi connectivity index (χ0v) is 22.2. The number of sulfonamides is 1. The zero-order valence-electron chi connectivity index (χ0n) is 21.4. The van der Waals surface area contributed by atoms with E-state index in [9.17, 15) is 18.3 Å². The van der Waals surface area contributed by atoms with Crippen LogP contribution in [0.3, 0.4) is 0 Å². The Morgan fingerprint density at radius 3 is 2.74 bits per heavy atom. The first-order valence-corrected chi connectivity index (χ1v) is 14.0. The standard InChI is InChI=1S/C26H30N6O5S/c1-4-5-12-27-14-20-30-22-19(37-20)11-10-17-24(22)38(35,36)31-25(29-17)21-23(33)16-8-6-7-9-18(16)32(26(21)34)28-13-15(2)3/h6-11,15,27-28,33H,4-5,12-14H2,1-3H3,(H,29,31). The highest BCUT2D eigenvalue weighted by atomic mass is 32.2. The van der Waals surface area contributed by atoms with Crippen LogP contribution < -0.4 is 21.6 Å². The van der Waals surface area contributed by atoms with Gasteiger partial charge in [-0.15, -0.1) is 4.40 Å². The van der Waals surface area contributed by atoms with Gasteiger partial charge in [-0.1, -0.05) is 39.3 Å². The van der Waals surface area contributed by atoms with E-state index in [1.54, 1.807) is 30.3 Å². The molecular formula is C26H30N6O5S. The quantitative estimate of drug-likeness (QED) is 0.235. The summed E-state index contributed by atoms with van der Waals surface area (Å²) in [5.41, 5.74) is 3.32. The Morgan fingerprint density at radius 2 is 1.97 bits per heavy atom. The lowest BCUT2D eigenvalue weighted by Crippen LogP contribution is -2.37.